The number of carboxylic acids is 1. The molecule has 8 heteroatoms. The Morgan fingerprint density at radius 1 is 1.02 bits per heavy atom. The summed E-state index contributed by atoms with van der Waals surface area (Å²) in [5.74, 6) is 0.430. The predicted octanol–water partition coefficient (Wildman–Crippen LogP) is 8.72. The monoisotopic (exact) mass is 638 g/mol. The molecule has 1 saturated carbocycles. The van der Waals surface area contributed by atoms with Gasteiger partial charge in [0, 0.05) is 41.0 Å². The lowest BCUT2D eigenvalue weighted by Gasteiger charge is -2.12. The number of nitrogens with zero attached hydrogens (tertiary/aromatic N) is 2. The molecule has 8 nitrogen and oxygen atoms in total. The molecule has 3 N–H and O–H groups in total. The number of aromatic amines is 1. The van der Waals surface area contributed by atoms with Crippen molar-refractivity contribution in [3.8, 4) is 16.9 Å². The highest BCUT2D eigenvalue weighted by atomic mass is 16.5. The molecule has 47 heavy (non-hydrogen) atoms. The van der Waals surface area contributed by atoms with E-state index in [1.807, 2.05) is 42.7 Å². The molecule has 5 aromatic rings. The highest BCUT2D eigenvalue weighted by molar-refractivity contribution is 6.04. The molecular weight excluding hydrogens is 588 g/mol. The molecule has 3 heterocycles. The number of rotatable bonds is 9. The van der Waals surface area contributed by atoms with Gasteiger partial charge < -0.3 is 24.5 Å². The lowest BCUT2D eigenvalue weighted by molar-refractivity contribution is 0.0683. The Morgan fingerprint density at radius 2 is 1.77 bits per heavy atom. The first kappa shape index (κ1) is 34.2. The van der Waals surface area contributed by atoms with Gasteiger partial charge in [0.2, 0.25) is 0 Å². The quantitative estimate of drug-likeness (QED) is 0.140. The molecule has 0 amide bonds. The van der Waals surface area contributed by atoms with Crippen LogP contribution in [0.3, 0.4) is 0 Å². The van der Waals surface area contributed by atoms with Gasteiger partial charge in [0.25, 0.3) is 0 Å². The normalized spacial score (nSPS) is 14.3. The van der Waals surface area contributed by atoms with Crippen molar-refractivity contribution in [2.75, 3.05) is 26.3 Å². The molecule has 0 saturated heterocycles. The molecule has 0 atom stereocenters. The van der Waals surface area contributed by atoms with Crippen LogP contribution in [0.15, 0.2) is 60.7 Å². The number of carbonyl (C=O) groups is 1. The van der Waals surface area contributed by atoms with Crippen LogP contribution in [0.4, 0.5) is 0 Å². The van der Waals surface area contributed by atoms with Gasteiger partial charge in [0.05, 0.1) is 30.1 Å². The number of hydrogen-bond acceptors (Lipinski definition) is 5. The van der Waals surface area contributed by atoms with Crippen molar-refractivity contribution in [3.05, 3.63) is 83.3 Å². The Labute approximate surface area is 278 Å². The minimum absolute atomic E-state index is 0.394. The summed E-state index contributed by atoms with van der Waals surface area (Å²) in [6.45, 7) is 12.7. The number of ether oxygens (including phenoxy) is 2. The van der Waals surface area contributed by atoms with Gasteiger partial charge >= 0.3 is 5.97 Å². The summed E-state index contributed by atoms with van der Waals surface area (Å²) < 4.78 is 14.3. The average molecular weight is 639 g/mol. The summed E-state index contributed by atoms with van der Waals surface area (Å²) in [7, 11) is 0. The van der Waals surface area contributed by atoms with Gasteiger partial charge in [-0.05, 0) is 68.6 Å². The van der Waals surface area contributed by atoms with E-state index >= 15 is 0 Å². The fourth-order valence-corrected chi connectivity index (χ4v) is 6.51. The van der Waals surface area contributed by atoms with Crippen molar-refractivity contribution < 1.29 is 19.4 Å². The van der Waals surface area contributed by atoms with Crippen LogP contribution in [-0.4, -0.2) is 52.1 Å². The van der Waals surface area contributed by atoms with E-state index in [4.69, 9.17) is 14.6 Å². The van der Waals surface area contributed by atoms with Gasteiger partial charge in [0.1, 0.15) is 11.4 Å². The maximum absolute atomic E-state index is 12.8. The third kappa shape index (κ3) is 7.71. The van der Waals surface area contributed by atoms with Crippen molar-refractivity contribution in [2.45, 2.75) is 85.3 Å². The molecule has 1 fully saturated rings. The summed E-state index contributed by atoms with van der Waals surface area (Å²) in [6.07, 6.45) is 5.33. The number of H-pyrrole nitrogens is 1. The number of aromatic carboxylic acids is 1. The minimum Gasteiger partial charge on any atom is -0.493 e. The predicted molar refractivity (Wildman–Crippen MR) is 191 cm³/mol. The van der Waals surface area contributed by atoms with E-state index in [1.54, 1.807) is 0 Å². The molecule has 0 unspecified atom stereocenters. The van der Waals surface area contributed by atoms with E-state index in [1.165, 1.54) is 0 Å². The summed E-state index contributed by atoms with van der Waals surface area (Å²) in [6, 6.07) is 20.5. The molecule has 1 aliphatic heterocycles. The van der Waals surface area contributed by atoms with Crippen LogP contribution in [0.2, 0.25) is 0 Å². The minimum atomic E-state index is -0.881. The van der Waals surface area contributed by atoms with E-state index in [-0.39, 0.29) is 0 Å². The van der Waals surface area contributed by atoms with E-state index in [0.717, 1.165) is 94.3 Å². The van der Waals surface area contributed by atoms with Crippen LogP contribution in [0.1, 0.15) is 93.2 Å². The molecule has 2 aromatic heterocycles. The zero-order chi connectivity index (χ0) is 33.2. The lowest BCUT2D eigenvalue weighted by Crippen LogP contribution is -2.12. The summed E-state index contributed by atoms with van der Waals surface area (Å²) in [5, 5.41) is 24.8. The number of para-hydroxylation sites is 1. The van der Waals surface area contributed by atoms with Crippen LogP contribution in [0, 0.1) is 0 Å². The van der Waals surface area contributed by atoms with Gasteiger partial charge in [-0.2, -0.15) is 5.10 Å². The first-order chi connectivity index (χ1) is 23.1. The highest BCUT2D eigenvalue weighted by Gasteiger charge is 2.33. The molecule has 250 valence electrons. The topological polar surface area (TPSA) is 101 Å². The third-order valence-electron chi connectivity index (χ3n) is 8.74. The van der Waals surface area contributed by atoms with Crippen molar-refractivity contribution >= 4 is 27.6 Å². The molecule has 0 bridgehead atoms. The summed E-state index contributed by atoms with van der Waals surface area (Å²) in [4.78, 5) is 12.8. The van der Waals surface area contributed by atoms with E-state index in [9.17, 15) is 9.90 Å². The third-order valence-corrected chi connectivity index (χ3v) is 8.74. The summed E-state index contributed by atoms with van der Waals surface area (Å²) >= 11 is 0. The summed E-state index contributed by atoms with van der Waals surface area (Å²) in [5.41, 5.74) is 6.48. The van der Waals surface area contributed by atoms with Crippen LogP contribution in [-0.2, 0) is 24.3 Å². The van der Waals surface area contributed by atoms with Gasteiger partial charge in [0.15, 0.2) is 0 Å². The Balaban J connectivity index is 0.000000569. The largest absolute Gasteiger partial charge is 0.493 e. The number of aromatic nitrogens is 3. The fourth-order valence-electron chi connectivity index (χ4n) is 6.51. The second kappa shape index (κ2) is 16.6. The Hall–Kier alpha value is -4.14. The zero-order valence-corrected chi connectivity index (χ0v) is 28.4. The maximum Gasteiger partial charge on any atom is 0.352 e. The van der Waals surface area contributed by atoms with Crippen molar-refractivity contribution in [2.24, 2.45) is 0 Å². The number of aryl methyl sites for hydroxylation is 2. The van der Waals surface area contributed by atoms with Gasteiger partial charge in [-0.25, -0.2) is 4.79 Å². The number of carboxylic acid groups (broad SMARTS) is 1. The van der Waals surface area contributed by atoms with Crippen molar-refractivity contribution in [1.29, 1.82) is 0 Å². The fraction of sp³-hybridized carbons (Fsp3) is 0.436. The average Bonchev–Trinajstić information content (AvgIpc) is 3.78. The molecule has 0 spiro atoms. The lowest BCUT2D eigenvalue weighted by atomic mass is 9.97. The Bertz CT molecular complexity index is 1760. The number of benzene rings is 3. The number of fused-ring (bicyclic) bond motifs is 3. The van der Waals surface area contributed by atoms with Crippen LogP contribution in [0.25, 0.3) is 32.8 Å². The maximum atomic E-state index is 12.8. The first-order valence-corrected chi connectivity index (χ1v) is 17.5. The number of hydrogen-bond donors (Lipinski definition) is 3. The van der Waals surface area contributed by atoms with Crippen molar-refractivity contribution in [1.82, 2.24) is 20.1 Å². The van der Waals surface area contributed by atoms with Gasteiger partial charge in [-0.15, -0.1) is 0 Å². The first-order valence-electron chi connectivity index (χ1n) is 17.5. The van der Waals surface area contributed by atoms with E-state index in [0.29, 0.717) is 50.8 Å². The molecule has 0 radical (unpaired) electrons. The Kier molecular flexibility index (Phi) is 12.1. The van der Waals surface area contributed by atoms with Gasteiger partial charge in [-0.1, -0.05) is 82.3 Å². The molecular formula is C39H50N4O4. The van der Waals surface area contributed by atoms with Crippen LogP contribution < -0.4 is 10.1 Å². The number of nitrogens with one attached hydrogen (secondary N) is 2. The molecule has 2 aliphatic rings. The smallest absolute Gasteiger partial charge is 0.352 e. The van der Waals surface area contributed by atoms with Crippen molar-refractivity contribution in [3.63, 3.8) is 0 Å². The zero-order valence-electron chi connectivity index (χ0n) is 28.4. The van der Waals surface area contributed by atoms with E-state index in [2.05, 4.69) is 60.7 Å². The molecule has 3 aromatic carbocycles. The van der Waals surface area contributed by atoms with Crippen LogP contribution >= 0.6 is 0 Å². The second-order valence-electron chi connectivity index (χ2n) is 11.9. The van der Waals surface area contributed by atoms with E-state index < -0.39 is 5.97 Å². The standard InChI is InChI=1S/C33H33N3O4.C4H11N.C2H6/c37-33(38)32-25(13-7-19-40-28-14-5-9-21-8-1-2-10-23(21)28)24-11-6-12-26-29-27(34-35-30(29)22-15-16-22)20-39-18-4-3-17-36(32)31(24)26;1-3-5-4-2;1-2/h1-2,5-6,8-12,14,22H,3-4,7,13,15-20H2,(H,34,35)(H,37,38);5H,3-4H2,1-2H3;1-2H3. The van der Waals surface area contributed by atoms with Crippen LogP contribution in [0.5, 0.6) is 5.75 Å². The molecule has 1 aliphatic carbocycles. The molecule has 7 rings (SSSR count). The Morgan fingerprint density at radius 3 is 2.51 bits per heavy atom. The van der Waals surface area contributed by atoms with Gasteiger partial charge in [-0.3, -0.25) is 5.10 Å². The highest BCUT2D eigenvalue weighted by Crippen LogP contribution is 2.46. The second-order valence-corrected chi connectivity index (χ2v) is 11.9. The SMILES string of the molecule is CC.CCNCC.O=C(O)c1c(CCCOc2cccc3ccccc23)c2cccc3c2n1CCCCOCc1[nH]nc(C2CC2)c1-3.